The first-order valence-electron chi connectivity index (χ1n) is 6.68. The molecule has 2 N–H and O–H groups in total. The van der Waals surface area contributed by atoms with Crippen LogP contribution in [0.2, 0.25) is 0 Å². The highest BCUT2D eigenvalue weighted by Gasteiger charge is 2.19. The summed E-state index contributed by atoms with van der Waals surface area (Å²) >= 11 is 0. The van der Waals surface area contributed by atoms with Crippen molar-refractivity contribution in [1.82, 2.24) is 10.2 Å². The monoisotopic (exact) mass is 248 g/mol. The van der Waals surface area contributed by atoms with Crippen LogP contribution in [0.5, 0.6) is 5.75 Å². The van der Waals surface area contributed by atoms with Gasteiger partial charge in [-0.15, -0.1) is 0 Å². The molecule has 1 aromatic carbocycles. The van der Waals surface area contributed by atoms with Crippen molar-refractivity contribution in [1.29, 1.82) is 0 Å². The van der Waals surface area contributed by atoms with E-state index in [0.717, 1.165) is 44.7 Å². The lowest BCUT2D eigenvalue weighted by atomic mass is 9.99. The number of aromatic hydroxyl groups is 1. The van der Waals surface area contributed by atoms with E-state index in [1.807, 2.05) is 6.07 Å². The number of ether oxygens (including phenoxy) is 1. The van der Waals surface area contributed by atoms with E-state index in [-0.39, 0.29) is 0 Å². The number of nitrogens with zero attached hydrogens (tertiary/aromatic N) is 1. The molecule has 0 amide bonds. The standard InChI is InChI=1S/C14H20N2O2/c17-14-2-1-11-9-18-10-13(11)12(14)3-6-16-7-4-15-5-8-16/h1-2,15,17H,3-10H2. The summed E-state index contributed by atoms with van der Waals surface area (Å²) in [6.07, 6.45) is 0.915. The van der Waals surface area contributed by atoms with Gasteiger partial charge in [0.25, 0.3) is 0 Å². The number of benzene rings is 1. The van der Waals surface area contributed by atoms with Crippen molar-refractivity contribution in [3.8, 4) is 5.75 Å². The van der Waals surface area contributed by atoms with Crippen LogP contribution in [-0.4, -0.2) is 42.7 Å². The molecule has 0 radical (unpaired) electrons. The number of fused-ring (bicyclic) bond motifs is 1. The van der Waals surface area contributed by atoms with Gasteiger partial charge >= 0.3 is 0 Å². The lowest BCUT2D eigenvalue weighted by Crippen LogP contribution is -2.44. The summed E-state index contributed by atoms with van der Waals surface area (Å²) in [5.41, 5.74) is 3.54. The minimum Gasteiger partial charge on any atom is -0.508 e. The Kier molecular flexibility index (Phi) is 3.50. The molecule has 1 fully saturated rings. The molecule has 2 aliphatic heterocycles. The third-order valence-corrected chi connectivity index (χ3v) is 3.90. The van der Waals surface area contributed by atoms with Crippen LogP contribution in [-0.2, 0) is 24.4 Å². The normalized spacial score (nSPS) is 20.0. The molecule has 98 valence electrons. The largest absolute Gasteiger partial charge is 0.508 e. The predicted molar refractivity (Wildman–Crippen MR) is 69.6 cm³/mol. The zero-order valence-corrected chi connectivity index (χ0v) is 10.6. The van der Waals surface area contributed by atoms with E-state index in [2.05, 4.69) is 10.2 Å². The second-order valence-electron chi connectivity index (χ2n) is 5.04. The number of piperazine rings is 1. The van der Waals surface area contributed by atoms with Gasteiger partial charge in [0.05, 0.1) is 13.2 Å². The molecule has 0 unspecified atom stereocenters. The van der Waals surface area contributed by atoms with Gasteiger partial charge in [-0.2, -0.15) is 0 Å². The molecule has 3 rings (SSSR count). The summed E-state index contributed by atoms with van der Waals surface area (Å²) in [7, 11) is 0. The minimum atomic E-state index is 0.425. The summed E-state index contributed by atoms with van der Waals surface area (Å²) in [6.45, 7) is 6.71. The molecule has 2 heterocycles. The highest BCUT2D eigenvalue weighted by molar-refractivity contribution is 5.45. The van der Waals surface area contributed by atoms with E-state index in [4.69, 9.17) is 4.74 Å². The molecular weight excluding hydrogens is 228 g/mol. The number of phenolic OH excluding ortho intramolecular Hbond substituents is 1. The molecule has 0 spiro atoms. The van der Waals surface area contributed by atoms with Crippen molar-refractivity contribution in [2.45, 2.75) is 19.6 Å². The van der Waals surface area contributed by atoms with Gasteiger partial charge in [0, 0.05) is 38.3 Å². The fraction of sp³-hybridized carbons (Fsp3) is 0.571. The molecule has 1 saturated heterocycles. The fourth-order valence-corrected chi connectivity index (χ4v) is 2.79. The summed E-state index contributed by atoms with van der Waals surface area (Å²) in [5, 5.41) is 13.4. The average Bonchev–Trinajstić information content (AvgIpc) is 2.87. The van der Waals surface area contributed by atoms with Crippen molar-refractivity contribution in [3.05, 3.63) is 28.8 Å². The van der Waals surface area contributed by atoms with Crippen LogP contribution in [0.25, 0.3) is 0 Å². The SMILES string of the molecule is Oc1ccc2c(c1CCN1CCNCC1)COC2. The molecule has 0 aliphatic carbocycles. The Morgan fingerprint density at radius 3 is 2.89 bits per heavy atom. The van der Waals surface area contributed by atoms with Crippen LogP contribution in [0.4, 0.5) is 0 Å². The molecule has 1 aromatic rings. The van der Waals surface area contributed by atoms with Gasteiger partial charge in [0.2, 0.25) is 0 Å². The quantitative estimate of drug-likeness (QED) is 0.833. The summed E-state index contributed by atoms with van der Waals surface area (Å²) in [5.74, 6) is 0.425. The lowest BCUT2D eigenvalue weighted by Gasteiger charge is -2.27. The van der Waals surface area contributed by atoms with E-state index in [1.54, 1.807) is 6.07 Å². The van der Waals surface area contributed by atoms with Crippen LogP contribution >= 0.6 is 0 Å². The molecule has 0 bridgehead atoms. The molecule has 4 nitrogen and oxygen atoms in total. The summed E-state index contributed by atoms with van der Waals surface area (Å²) in [4.78, 5) is 2.45. The van der Waals surface area contributed by atoms with Gasteiger partial charge in [-0.3, -0.25) is 0 Å². The molecule has 0 atom stereocenters. The third-order valence-electron chi connectivity index (χ3n) is 3.90. The van der Waals surface area contributed by atoms with Gasteiger partial charge in [0.1, 0.15) is 5.75 Å². The Hall–Kier alpha value is -1.10. The maximum absolute atomic E-state index is 10.0. The molecule has 18 heavy (non-hydrogen) atoms. The van der Waals surface area contributed by atoms with Gasteiger partial charge in [-0.25, -0.2) is 0 Å². The molecule has 0 aromatic heterocycles. The fourth-order valence-electron chi connectivity index (χ4n) is 2.79. The van der Waals surface area contributed by atoms with Crippen LogP contribution in [0, 0.1) is 0 Å². The average molecular weight is 248 g/mol. The van der Waals surface area contributed by atoms with Crippen molar-refractivity contribution in [3.63, 3.8) is 0 Å². The van der Waals surface area contributed by atoms with Gasteiger partial charge in [-0.1, -0.05) is 6.07 Å². The van der Waals surface area contributed by atoms with Gasteiger partial charge in [-0.05, 0) is 23.6 Å². The first-order chi connectivity index (χ1) is 8.84. The maximum Gasteiger partial charge on any atom is 0.119 e. The van der Waals surface area contributed by atoms with E-state index >= 15 is 0 Å². The second kappa shape index (κ2) is 5.26. The van der Waals surface area contributed by atoms with Crippen LogP contribution in [0.15, 0.2) is 12.1 Å². The van der Waals surface area contributed by atoms with E-state index in [1.165, 1.54) is 11.1 Å². The van der Waals surface area contributed by atoms with Crippen molar-refractivity contribution < 1.29 is 9.84 Å². The molecular formula is C14H20N2O2. The van der Waals surface area contributed by atoms with Crippen LogP contribution in [0.1, 0.15) is 16.7 Å². The number of phenols is 1. The van der Waals surface area contributed by atoms with Crippen molar-refractivity contribution >= 4 is 0 Å². The second-order valence-corrected chi connectivity index (χ2v) is 5.04. The Morgan fingerprint density at radius 2 is 2.06 bits per heavy atom. The zero-order valence-electron chi connectivity index (χ0n) is 10.6. The highest BCUT2D eigenvalue weighted by atomic mass is 16.5. The number of rotatable bonds is 3. The van der Waals surface area contributed by atoms with E-state index < -0.39 is 0 Å². The van der Waals surface area contributed by atoms with E-state index in [0.29, 0.717) is 19.0 Å². The number of nitrogens with one attached hydrogen (secondary N) is 1. The Morgan fingerprint density at radius 1 is 1.22 bits per heavy atom. The highest BCUT2D eigenvalue weighted by Crippen LogP contribution is 2.30. The van der Waals surface area contributed by atoms with Gasteiger partial charge < -0.3 is 20.1 Å². The number of hydrogen-bond acceptors (Lipinski definition) is 4. The Labute approximate surface area is 108 Å². The number of hydrogen-bond donors (Lipinski definition) is 2. The Balaban J connectivity index is 1.70. The summed E-state index contributed by atoms with van der Waals surface area (Å²) < 4.78 is 5.47. The van der Waals surface area contributed by atoms with Crippen LogP contribution < -0.4 is 5.32 Å². The maximum atomic E-state index is 10.0. The molecule has 2 aliphatic rings. The molecule has 4 heteroatoms. The zero-order chi connectivity index (χ0) is 12.4. The first-order valence-corrected chi connectivity index (χ1v) is 6.68. The topological polar surface area (TPSA) is 44.7 Å². The van der Waals surface area contributed by atoms with E-state index in [9.17, 15) is 5.11 Å². The van der Waals surface area contributed by atoms with Crippen LogP contribution in [0.3, 0.4) is 0 Å². The first kappa shape index (κ1) is 12.0. The lowest BCUT2D eigenvalue weighted by molar-refractivity contribution is 0.134. The molecule has 0 saturated carbocycles. The third kappa shape index (κ3) is 2.36. The Bertz CT molecular complexity index is 428. The smallest absolute Gasteiger partial charge is 0.119 e. The summed E-state index contributed by atoms with van der Waals surface area (Å²) in [6, 6.07) is 3.78. The van der Waals surface area contributed by atoms with Gasteiger partial charge in [0.15, 0.2) is 0 Å². The van der Waals surface area contributed by atoms with Crippen molar-refractivity contribution in [2.75, 3.05) is 32.7 Å². The minimum absolute atomic E-state index is 0.425. The predicted octanol–water partition coefficient (Wildman–Crippen LogP) is 0.870. The van der Waals surface area contributed by atoms with Crippen molar-refractivity contribution in [2.24, 2.45) is 0 Å².